The molecule has 37 heavy (non-hydrogen) atoms. The van der Waals surface area contributed by atoms with E-state index in [0.29, 0.717) is 16.9 Å². The molecule has 3 heterocycles. The van der Waals surface area contributed by atoms with Gasteiger partial charge in [-0.25, -0.2) is 9.31 Å². The summed E-state index contributed by atoms with van der Waals surface area (Å²) in [5, 5.41) is 4.20. The van der Waals surface area contributed by atoms with E-state index in [1.165, 1.54) is 10.7 Å². The van der Waals surface area contributed by atoms with Crippen molar-refractivity contribution in [3.63, 3.8) is 0 Å². The summed E-state index contributed by atoms with van der Waals surface area (Å²) in [6.07, 6.45) is 1.31. The van der Waals surface area contributed by atoms with Crippen LogP contribution in [0.15, 0.2) is 83.8 Å². The number of hydrogen-bond acceptors (Lipinski definition) is 5. The predicted octanol–water partition coefficient (Wildman–Crippen LogP) is 4.43. The number of carbonyl (C=O) groups is 2. The first-order chi connectivity index (χ1) is 17.8. The van der Waals surface area contributed by atoms with Crippen molar-refractivity contribution in [2.75, 3.05) is 6.61 Å². The molecule has 0 spiro atoms. The molecule has 0 aliphatic heterocycles. The van der Waals surface area contributed by atoms with Crippen molar-refractivity contribution in [3.8, 4) is 0 Å². The largest absolute Gasteiger partial charge is 0.453 e. The maximum absolute atomic E-state index is 13.2. The van der Waals surface area contributed by atoms with E-state index in [1.807, 2.05) is 56.3 Å². The average Bonchev–Trinajstić information content (AvgIpc) is 3.41. The van der Waals surface area contributed by atoms with E-state index in [9.17, 15) is 14.4 Å². The van der Waals surface area contributed by atoms with Gasteiger partial charge in [0.2, 0.25) is 5.78 Å². The number of rotatable bonds is 7. The third-order valence-corrected chi connectivity index (χ3v) is 6.42. The number of ether oxygens (including phenoxy) is 1. The summed E-state index contributed by atoms with van der Waals surface area (Å²) in [4.78, 5) is 40.8. The minimum atomic E-state index is -0.884. The number of H-pyrrole nitrogens is 1. The fourth-order valence-corrected chi connectivity index (χ4v) is 4.72. The lowest BCUT2D eigenvalue weighted by atomic mass is 9.98. The second-order valence-electron chi connectivity index (χ2n) is 8.99. The minimum Gasteiger partial charge on any atom is -0.453 e. The highest BCUT2D eigenvalue weighted by molar-refractivity contribution is 6.00. The van der Waals surface area contributed by atoms with Gasteiger partial charge in [-0.3, -0.25) is 9.59 Å². The molecular formula is C29H26N4O4. The molecule has 0 saturated carbocycles. The molecule has 0 unspecified atom stereocenters. The summed E-state index contributed by atoms with van der Waals surface area (Å²) in [6.45, 7) is 5.13. The van der Waals surface area contributed by atoms with Crippen LogP contribution < -0.4 is 5.56 Å². The van der Waals surface area contributed by atoms with E-state index >= 15 is 0 Å². The predicted molar refractivity (Wildman–Crippen MR) is 139 cm³/mol. The monoisotopic (exact) mass is 494 g/mol. The van der Waals surface area contributed by atoms with Gasteiger partial charge >= 0.3 is 5.97 Å². The molecule has 3 aromatic heterocycles. The molecule has 2 aromatic carbocycles. The number of Topliss-reactive ketones (excluding diaryl/α,β-unsaturated/α-hetero) is 1. The molecule has 0 amide bonds. The molecule has 8 nitrogen and oxygen atoms in total. The Balaban J connectivity index is 1.42. The summed E-state index contributed by atoms with van der Waals surface area (Å²) in [5.74, 6) is -1.23. The van der Waals surface area contributed by atoms with Gasteiger partial charge in [-0.05, 0) is 38.0 Å². The first-order valence-corrected chi connectivity index (χ1v) is 11.9. The average molecular weight is 495 g/mol. The van der Waals surface area contributed by atoms with Gasteiger partial charge in [0.1, 0.15) is 11.2 Å². The van der Waals surface area contributed by atoms with Gasteiger partial charge < -0.3 is 14.3 Å². The molecule has 0 atom stereocenters. The number of aromatic amines is 1. The topological polar surface area (TPSA) is 98.5 Å². The summed E-state index contributed by atoms with van der Waals surface area (Å²) < 4.78 is 8.78. The molecular weight excluding hydrogens is 468 g/mol. The zero-order valence-electron chi connectivity index (χ0n) is 20.8. The standard InChI is InChI=1S/C29H26N4O4/c1-18-14-26-30-28(35)24(16-32(26)31-18)29(36)37-17-25(34)23-15-19(2)33(20(23)3)27(21-10-6-4-7-11-21)22-12-8-5-9-13-22/h4-16,27H,17H2,1-3H3,(H,30,35). The van der Waals surface area contributed by atoms with Crippen LogP contribution in [0.5, 0.6) is 0 Å². The number of fused-ring (bicyclic) bond motifs is 1. The van der Waals surface area contributed by atoms with Crippen LogP contribution in [-0.2, 0) is 4.74 Å². The Morgan fingerprint density at radius 3 is 2.16 bits per heavy atom. The third-order valence-electron chi connectivity index (χ3n) is 6.42. The van der Waals surface area contributed by atoms with E-state index in [2.05, 4.69) is 38.9 Å². The van der Waals surface area contributed by atoms with E-state index in [0.717, 1.165) is 22.5 Å². The number of hydrogen-bond donors (Lipinski definition) is 1. The Labute approximate surface area is 213 Å². The van der Waals surface area contributed by atoms with Gasteiger partial charge in [-0.1, -0.05) is 60.7 Å². The molecule has 186 valence electrons. The Kier molecular flexibility index (Phi) is 6.31. The van der Waals surface area contributed by atoms with Crippen LogP contribution in [0.4, 0.5) is 0 Å². The Morgan fingerprint density at radius 1 is 0.919 bits per heavy atom. The number of esters is 1. The molecule has 0 aliphatic rings. The molecule has 0 aliphatic carbocycles. The minimum absolute atomic E-state index is 0.130. The van der Waals surface area contributed by atoms with Crippen LogP contribution in [0, 0.1) is 20.8 Å². The third kappa shape index (κ3) is 4.61. The number of aromatic nitrogens is 4. The van der Waals surface area contributed by atoms with Gasteiger partial charge in [0.05, 0.1) is 17.9 Å². The molecule has 5 rings (SSSR count). The molecule has 0 bridgehead atoms. The van der Waals surface area contributed by atoms with Crippen molar-refractivity contribution in [1.82, 2.24) is 19.2 Å². The van der Waals surface area contributed by atoms with Crippen LogP contribution in [-0.4, -0.2) is 37.5 Å². The van der Waals surface area contributed by atoms with E-state index in [-0.39, 0.29) is 17.4 Å². The van der Waals surface area contributed by atoms with Crippen LogP contribution >= 0.6 is 0 Å². The summed E-state index contributed by atoms with van der Waals surface area (Å²) in [5.41, 5.74) is 4.65. The van der Waals surface area contributed by atoms with E-state index < -0.39 is 18.1 Å². The lowest BCUT2D eigenvalue weighted by molar-refractivity contribution is 0.0472. The fraction of sp³-hybridized carbons (Fsp3) is 0.172. The van der Waals surface area contributed by atoms with Gasteiger partial charge in [0.25, 0.3) is 5.56 Å². The van der Waals surface area contributed by atoms with Crippen molar-refractivity contribution in [1.29, 1.82) is 0 Å². The number of nitrogens with one attached hydrogen (secondary N) is 1. The highest BCUT2D eigenvalue weighted by atomic mass is 16.5. The summed E-state index contributed by atoms with van der Waals surface area (Å²) in [7, 11) is 0. The van der Waals surface area contributed by atoms with Crippen LogP contribution in [0.2, 0.25) is 0 Å². The summed E-state index contributed by atoms with van der Waals surface area (Å²) >= 11 is 0. The zero-order valence-corrected chi connectivity index (χ0v) is 20.8. The quantitative estimate of drug-likeness (QED) is 0.267. The van der Waals surface area contributed by atoms with Crippen molar-refractivity contribution in [3.05, 3.63) is 129 Å². The highest BCUT2D eigenvalue weighted by Gasteiger charge is 2.25. The van der Waals surface area contributed by atoms with E-state index in [1.54, 1.807) is 13.0 Å². The first kappa shape index (κ1) is 24.0. The second kappa shape index (κ2) is 9.73. The normalized spacial score (nSPS) is 11.2. The van der Waals surface area contributed by atoms with Gasteiger partial charge in [-0.15, -0.1) is 0 Å². The molecule has 0 saturated heterocycles. The van der Waals surface area contributed by atoms with Crippen LogP contribution in [0.3, 0.4) is 0 Å². The highest BCUT2D eigenvalue weighted by Crippen LogP contribution is 2.31. The van der Waals surface area contributed by atoms with Crippen LogP contribution in [0.1, 0.15) is 55.0 Å². The van der Waals surface area contributed by atoms with Crippen molar-refractivity contribution in [2.24, 2.45) is 0 Å². The van der Waals surface area contributed by atoms with Gasteiger partial charge in [0, 0.05) is 23.0 Å². The number of nitrogens with zero attached hydrogens (tertiary/aromatic N) is 3. The second-order valence-corrected chi connectivity index (χ2v) is 8.99. The molecule has 8 heteroatoms. The Hall–Kier alpha value is -4.72. The number of aryl methyl sites for hydroxylation is 2. The maximum Gasteiger partial charge on any atom is 0.345 e. The van der Waals surface area contributed by atoms with Crippen LogP contribution in [0.25, 0.3) is 5.65 Å². The lowest BCUT2D eigenvalue weighted by Crippen LogP contribution is -2.23. The smallest absolute Gasteiger partial charge is 0.345 e. The van der Waals surface area contributed by atoms with Gasteiger partial charge in [0.15, 0.2) is 6.61 Å². The number of ketones is 1. The van der Waals surface area contributed by atoms with Crippen molar-refractivity contribution >= 4 is 17.4 Å². The fourth-order valence-electron chi connectivity index (χ4n) is 4.72. The van der Waals surface area contributed by atoms with Crippen molar-refractivity contribution in [2.45, 2.75) is 26.8 Å². The Morgan fingerprint density at radius 2 is 1.54 bits per heavy atom. The van der Waals surface area contributed by atoms with Crippen molar-refractivity contribution < 1.29 is 14.3 Å². The zero-order chi connectivity index (χ0) is 26.1. The molecule has 0 radical (unpaired) electrons. The molecule has 5 aromatic rings. The molecule has 0 fully saturated rings. The SMILES string of the molecule is Cc1cc2[nH]c(=O)c(C(=O)OCC(=O)c3cc(C)n(C(c4ccccc4)c4ccccc4)c3C)cn2n1. The first-order valence-electron chi connectivity index (χ1n) is 11.9. The van der Waals surface area contributed by atoms with E-state index in [4.69, 9.17) is 4.74 Å². The lowest BCUT2D eigenvalue weighted by Gasteiger charge is -2.24. The van der Waals surface area contributed by atoms with Gasteiger partial charge in [-0.2, -0.15) is 5.10 Å². The number of carbonyl (C=O) groups excluding carboxylic acids is 2. The maximum atomic E-state index is 13.2. The number of benzene rings is 2. The molecule has 1 N–H and O–H groups in total. The summed E-state index contributed by atoms with van der Waals surface area (Å²) in [6, 6.07) is 23.6. The Bertz CT molecular complexity index is 1620.